The molecule has 0 fully saturated rings. The molecule has 0 aliphatic rings. The number of nitrogens with zero attached hydrogens (tertiary/aromatic N) is 1. The lowest BCUT2D eigenvalue weighted by Crippen LogP contribution is -2.40. The molecule has 17 heavy (non-hydrogen) atoms. The fraction of sp³-hybridized carbons (Fsp3) is 0.417. The van der Waals surface area contributed by atoms with Gasteiger partial charge in [-0.05, 0) is 24.6 Å². The molecule has 0 heterocycles. The van der Waals surface area contributed by atoms with Gasteiger partial charge < -0.3 is 10.6 Å². The van der Waals surface area contributed by atoms with Gasteiger partial charge in [0.05, 0.1) is 6.42 Å². The van der Waals surface area contributed by atoms with Crippen LogP contribution in [-0.4, -0.2) is 30.4 Å². The molecule has 1 aromatic carbocycles. The van der Waals surface area contributed by atoms with E-state index in [9.17, 15) is 4.79 Å². The van der Waals surface area contributed by atoms with Crippen LogP contribution in [0.1, 0.15) is 12.5 Å². The minimum absolute atomic E-state index is 0.00725. The van der Waals surface area contributed by atoms with Gasteiger partial charge in [0.25, 0.3) is 0 Å². The predicted molar refractivity (Wildman–Crippen MR) is 71.5 cm³/mol. The number of nitrogens with two attached hydrogens (primary N) is 1. The maximum absolute atomic E-state index is 11.9. The molecule has 3 nitrogen and oxygen atoms in total. The lowest BCUT2D eigenvalue weighted by Gasteiger charge is -2.23. The lowest BCUT2D eigenvalue weighted by atomic mass is 10.1. The molecule has 0 aromatic heterocycles. The third kappa shape index (κ3) is 3.87. The Balaban J connectivity index is 2.74. The van der Waals surface area contributed by atoms with Crippen LogP contribution in [0.5, 0.6) is 0 Å². The molecular weight excluding hydrogens is 259 g/mol. The van der Waals surface area contributed by atoms with Gasteiger partial charge in [-0.15, -0.1) is 0 Å². The summed E-state index contributed by atoms with van der Waals surface area (Å²) < 4.78 is 0. The van der Waals surface area contributed by atoms with E-state index in [4.69, 9.17) is 28.9 Å². The predicted octanol–water partition coefficient (Wildman–Crippen LogP) is 2.34. The number of carbonyl (C=O) groups excluding carboxylic acids is 1. The Morgan fingerprint density at radius 3 is 2.65 bits per heavy atom. The molecule has 0 saturated carbocycles. The van der Waals surface area contributed by atoms with E-state index < -0.39 is 0 Å². The largest absolute Gasteiger partial charge is 0.341 e. The van der Waals surface area contributed by atoms with Crippen LogP contribution in [0.25, 0.3) is 0 Å². The molecule has 1 atom stereocenters. The van der Waals surface area contributed by atoms with Crippen molar-refractivity contribution < 1.29 is 4.79 Å². The molecular formula is C12H16Cl2N2O. The topological polar surface area (TPSA) is 46.3 Å². The summed E-state index contributed by atoms with van der Waals surface area (Å²) in [6.07, 6.45) is 0.261. The van der Waals surface area contributed by atoms with E-state index in [1.165, 1.54) is 0 Å². The zero-order valence-electron chi connectivity index (χ0n) is 9.91. The van der Waals surface area contributed by atoms with Crippen LogP contribution in [0, 0.1) is 0 Å². The van der Waals surface area contributed by atoms with Gasteiger partial charge in [0.2, 0.25) is 5.91 Å². The van der Waals surface area contributed by atoms with Crippen molar-refractivity contribution in [1.82, 2.24) is 4.90 Å². The van der Waals surface area contributed by atoms with Gasteiger partial charge >= 0.3 is 0 Å². The Hall–Kier alpha value is -0.770. The third-order valence-electron chi connectivity index (χ3n) is 2.75. The van der Waals surface area contributed by atoms with Gasteiger partial charge in [-0.3, -0.25) is 4.79 Å². The second kappa shape index (κ2) is 6.24. The molecule has 1 rings (SSSR count). The highest BCUT2D eigenvalue weighted by Crippen LogP contribution is 2.21. The number of hydrogen-bond acceptors (Lipinski definition) is 2. The van der Waals surface area contributed by atoms with Gasteiger partial charge in [-0.2, -0.15) is 0 Å². The van der Waals surface area contributed by atoms with E-state index in [0.717, 1.165) is 5.56 Å². The minimum atomic E-state index is -0.00725. The minimum Gasteiger partial charge on any atom is -0.341 e. The van der Waals surface area contributed by atoms with E-state index >= 15 is 0 Å². The normalized spacial score (nSPS) is 12.3. The average molecular weight is 275 g/mol. The van der Waals surface area contributed by atoms with Gasteiger partial charge in [0, 0.05) is 29.7 Å². The molecule has 1 amide bonds. The van der Waals surface area contributed by atoms with E-state index in [2.05, 4.69) is 0 Å². The molecule has 0 aliphatic heterocycles. The first-order valence-corrected chi connectivity index (χ1v) is 6.11. The van der Waals surface area contributed by atoms with Crippen LogP contribution in [-0.2, 0) is 11.2 Å². The molecule has 0 aliphatic carbocycles. The van der Waals surface area contributed by atoms with E-state index in [-0.39, 0.29) is 18.4 Å². The SMILES string of the molecule is CC(CN)N(C)C(=O)Cc1ccc(Cl)cc1Cl. The van der Waals surface area contributed by atoms with Crippen molar-refractivity contribution in [2.75, 3.05) is 13.6 Å². The maximum atomic E-state index is 11.9. The number of hydrogen-bond donors (Lipinski definition) is 1. The number of carbonyl (C=O) groups is 1. The van der Waals surface area contributed by atoms with Crippen LogP contribution in [0.3, 0.4) is 0 Å². The van der Waals surface area contributed by atoms with Gasteiger partial charge in [-0.25, -0.2) is 0 Å². The van der Waals surface area contributed by atoms with Crippen LogP contribution >= 0.6 is 23.2 Å². The molecule has 0 radical (unpaired) electrons. The summed E-state index contributed by atoms with van der Waals surface area (Å²) in [7, 11) is 1.74. The Morgan fingerprint density at radius 2 is 2.12 bits per heavy atom. The molecule has 1 aromatic rings. The quantitative estimate of drug-likeness (QED) is 0.916. The second-order valence-electron chi connectivity index (χ2n) is 4.00. The van der Waals surface area contributed by atoms with Crippen molar-refractivity contribution in [3.63, 3.8) is 0 Å². The highest BCUT2D eigenvalue weighted by Gasteiger charge is 2.16. The lowest BCUT2D eigenvalue weighted by molar-refractivity contribution is -0.130. The molecule has 0 spiro atoms. The number of halogens is 2. The highest BCUT2D eigenvalue weighted by atomic mass is 35.5. The molecule has 5 heteroatoms. The summed E-state index contributed by atoms with van der Waals surface area (Å²) >= 11 is 11.8. The standard InChI is InChI=1S/C12H16Cl2N2O/c1-8(7-15)16(2)12(17)5-9-3-4-10(13)6-11(9)14/h3-4,6,8H,5,7,15H2,1-2H3. The van der Waals surface area contributed by atoms with E-state index in [0.29, 0.717) is 16.6 Å². The Kier molecular flexibility index (Phi) is 5.25. The number of amides is 1. The molecule has 2 N–H and O–H groups in total. The van der Waals surface area contributed by atoms with Crippen molar-refractivity contribution in [2.24, 2.45) is 5.73 Å². The summed E-state index contributed by atoms with van der Waals surface area (Å²) in [6, 6.07) is 5.15. The molecule has 0 saturated heterocycles. The summed E-state index contributed by atoms with van der Waals surface area (Å²) in [5.74, 6) is -0.00725. The zero-order chi connectivity index (χ0) is 13.0. The van der Waals surface area contributed by atoms with Crippen molar-refractivity contribution >= 4 is 29.1 Å². The van der Waals surface area contributed by atoms with Crippen molar-refractivity contribution in [2.45, 2.75) is 19.4 Å². The highest BCUT2D eigenvalue weighted by molar-refractivity contribution is 6.35. The number of likely N-dealkylation sites (N-methyl/N-ethyl adjacent to an activating group) is 1. The summed E-state index contributed by atoms with van der Waals surface area (Å²) in [6.45, 7) is 2.35. The van der Waals surface area contributed by atoms with Crippen molar-refractivity contribution in [3.05, 3.63) is 33.8 Å². The molecule has 94 valence electrons. The number of benzene rings is 1. The van der Waals surface area contributed by atoms with Crippen LogP contribution in [0.2, 0.25) is 10.0 Å². The van der Waals surface area contributed by atoms with Crippen LogP contribution in [0.4, 0.5) is 0 Å². The fourth-order valence-electron chi connectivity index (χ4n) is 1.36. The summed E-state index contributed by atoms with van der Waals surface area (Å²) in [5, 5.41) is 1.08. The van der Waals surface area contributed by atoms with E-state index in [1.54, 1.807) is 30.1 Å². The Morgan fingerprint density at radius 1 is 1.47 bits per heavy atom. The van der Waals surface area contributed by atoms with Gasteiger partial charge in [0.15, 0.2) is 0 Å². The zero-order valence-corrected chi connectivity index (χ0v) is 11.4. The van der Waals surface area contributed by atoms with Gasteiger partial charge in [0.1, 0.15) is 0 Å². The maximum Gasteiger partial charge on any atom is 0.227 e. The first-order chi connectivity index (χ1) is 7.95. The second-order valence-corrected chi connectivity index (χ2v) is 4.85. The average Bonchev–Trinajstić information content (AvgIpc) is 2.30. The van der Waals surface area contributed by atoms with Crippen LogP contribution < -0.4 is 5.73 Å². The first kappa shape index (κ1) is 14.3. The third-order valence-corrected chi connectivity index (χ3v) is 3.34. The summed E-state index contributed by atoms with van der Waals surface area (Å²) in [5.41, 5.74) is 6.29. The molecule has 0 bridgehead atoms. The Labute approximate surface area is 111 Å². The first-order valence-electron chi connectivity index (χ1n) is 5.35. The van der Waals surface area contributed by atoms with Crippen molar-refractivity contribution in [3.8, 4) is 0 Å². The van der Waals surface area contributed by atoms with Gasteiger partial charge in [-0.1, -0.05) is 29.3 Å². The molecule has 1 unspecified atom stereocenters. The fourth-order valence-corrected chi connectivity index (χ4v) is 1.83. The van der Waals surface area contributed by atoms with Crippen molar-refractivity contribution in [1.29, 1.82) is 0 Å². The van der Waals surface area contributed by atoms with E-state index in [1.807, 2.05) is 6.92 Å². The monoisotopic (exact) mass is 274 g/mol. The van der Waals surface area contributed by atoms with Crippen LogP contribution in [0.15, 0.2) is 18.2 Å². The Bertz CT molecular complexity index is 409. The smallest absolute Gasteiger partial charge is 0.227 e. The number of rotatable bonds is 4. The summed E-state index contributed by atoms with van der Waals surface area (Å²) in [4.78, 5) is 13.6.